The maximum Gasteiger partial charge on any atom is 0.335 e. The topological polar surface area (TPSA) is 46.5 Å². The van der Waals surface area contributed by atoms with Gasteiger partial charge in [0.05, 0.1) is 6.61 Å². The molecule has 0 aliphatic carbocycles. The zero-order valence-electron chi connectivity index (χ0n) is 9.13. The first-order valence-corrected chi connectivity index (χ1v) is 5.23. The summed E-state index contributed by atoms with van der Waals surface area (Å²) in [5, 5.41) is 9.57. The van der Waals surface area contributed by atoms with Gasteiger partial charge in [0.1, 0.15) is 0 Å². The molecule has 1 aromatic carbocycles. The Bertz CT molecular complexity index is 332. The Kier molecular flexibility index (Phi) is 5.29. The molecule has 0 saturated carbocycles. The van der Waals surface area contributed by atoms with Gasteiger partial charge in [-0.2, -0.15) is 0 Å². The van der Waals surface area contributed by atoms with Gasteiger partial charge in [-0.25, -0.2) is 4.79 Å². The number of carbonyl (C=O) groups excluding carboxylic acids is 1. The SMILES string of the molecule is C=CCCOC(=O)[C@@H](O)Cc1ccccc1. The normalized spacial score (nSPS) is 11.8. The van der Waals surface area contributed by atoms with E-state index in [2.05, 4.69) is 6.58 Å². The van der Waals surface area contributed by atoms with E-state index in [9.17, 15) is 9.90 Å². The zero-order chi connectivity index (χ0) is 11.8. The van der Waals surface area contributed by atoms with E-state index in [-0.39, 0.29) is 13.0 Å². The lowest BCUT2D eigenvalue weighted by Gasteiger charge is -2.09. The molecule has 0 aliphatic heterocycles. The first kappa shape index (κ1) is 12.5. The van der Waals surface area contributed by atoms with E-state index in [1.807, 2.05) is 30.3 Å². The van der Waals surface area contributed by atoms with E-state index < -0.39 is 12.1 Å². The van der Waals surface area contributed by atoms with Crippen molar-refractivity contribution in [1.82, 2.24) is 0 Å². The van der Waals surface area contributed by atoms with Gasteiger partial charge in [-0.15, -0.1) is 6.58 Å². The summed E-state index contributed by atoms with van der Waals surface area (Å²) < 4.78 is 4.86. The predicted molar refractivity (Wildman–Crippen MR) is 61.9 cm³/mol. The van der Waals surface area contributed by atoms with E-state index in [0.717, 1.165) is 5.56 Å². The lowest BCUT2D eigenvalue weighted by atomic mass is 10.1. The van der Waals surface area contributed by atoms with Crippen molar-refractivity contribution in [3.8, 4) is 0 Å². The first-order chi connectivity index (χ1) is 7.74. The van der Waals surface area contributed by atoms with Crippen LogP contribution in [0, 0.1) is 0 Å². The van der Waals surface area contributed by atoms with E-state index in [1.54, 1.807) is 6.08 Å². The van der Waals surface area contributed by atoms with Gasteiger partial charge in [0, 0.05) is 6.42 Å². The van der Waals surface area contributed by atoms with Crippen molar-refractivity contribution >= 4 is 5.97 Å². The maximum atomic E-state index is 11.3. The van der Waals surface area contributed by atoms with Crippen LogP contribution in [0.2, 0.25) is 0 Å². The summed E-state index contributed by atoms with van der Waals surface area (Å²) in [6.45, 7) is 3.79. The standard InChI is InChI=1S/C13H16O3/c1-2-3-9-16-13(15)12(14)10-11-7-5-4-6-8-11/h2,4-8,12,14H,1,3,9-10H2/t12-/m0/s1. The van der Waals surface area contributed by atoms with Crippen molar-refractivity contribution in [2.24, 2.45) is 0 Å². The molecule has 86 valence electrons. The number of carbonyl (C=O) groups is 1. The summed E-state index contributed by atoms with van der Waals surface area (Å²) in [5.74, 6) is -0.578. The molecule has 0 fully saturated rings. The predicted octanol–water partition coefficient (Wildman–Crippen LogP) is 1.71. The van der Waals surface area contributed by atoms with Gasteiger partial charge in [-0.1, -0.05) is 36.4 Å². The van der Waals surface area contributed by atoms with E-state index in [0.29, 0.717) is 6.42 Å². The van der Waals surface area contributed by atoms with Crippen LogP contribution in [0.15, 0.2) is 43.0 Å². The van der Waals surface area contributed by atoms with E-state index in [1.165, 1.54) is 0 Å². The van der Waals surface area contributed by atoms with Crippen LogP contribution in [0.4, 0.5) is 0 Å². The van der Waals surface area contributed by atoms with Crippen LogP contribution in [0.25, 0.3) is 0 Å². The average molecular weight is 220 g/mol. The van der Waals surface area contributed by atoms with E-state index >= 15 is 0 Å². The highest BCUT2D eigenvalue weighted by atomic mass is 16.5. The van der Waals surface area contributed by atoms with Gasteiger partial charge in [0.15, 0.2) is 6.10 Å². The van der Waals surface area contributed by atoms with Crippen LogP contribution in [-0.4, -0.2) is 23.8 Å². The van der Waals surface area contributed by atoms with Crippen molar-refractivity contribution in [1.29, 1.82) is 0 Å². The minimum absolute atomic E-state index is 0.272. The number of aliphatic hydroxyl groups is 1. The molecular weight excluding hydrogens is 204 g/mol. The Labute approximate surface area is 95.4 Å². The molecule has 0 saturated heterocycles. The van der Waals surface area contributed by atoms with Gasteiger partial charge in [0.2, 0.25) is 0 Å². The maximum absolute atomic E-state index is 11.3. The van der Waals surface area contributed by atoms with E-state index in [4.69, 9.17) is 4.74 Å². The minimum atomic E-state index is -1.09. The second-order valence-electron chi connectivity index (χ2n) is 3.45. The highest BCUT2D eigenvalue weighted by Crippen LogP contribution is 2.04. The van der Waals surface area contributed by atoms with Crippen LogP contribution < -0.4 is 0 Å². The minimum Gasteiger partial charge on any atom is -0.463 e. The number of benzene rings is 1. The van der Waals surface area contributed by atoms with Gasteiger partial charge < -0.3 is 9.84 Å². The fourth-order valence-electron chi connectivity index (χ4n) is 1.26. The molecule has 0 unspecified atom stereocenters. The first-order valence-electron chi connectivity index (χ1n) is 5.23. The summed E-state index contributed by atoms with van der Waals surface area (Å²) in [4.78, 5) is 11.3. The molecule has 0 aromatic heterocycles. The number of hydrogen-bond donors (Lipinski definition) is 1. The smallest absolute Gasteiger partial charge is 0.335 e. The Morgan fingerprint density at radius 3 is 2.75 bits per heavy atom. The van der Waals surface area contributed by atoms with Crippen LogP contribution in [0.1, 0.15) is 12.0 Å². The molecule has 0 amide bonds. The Hall–Kier alpha value is -1.61. The summed E-state index contributed by atoms with van der Waals surface area (Å²) >= 11 is 0. The monoisotopic (exact) mass is 220 g/mol. The number of ether oxygens (including phenoxy) is 1. The van der Waals surface area contributed by atoms with Crippen molar-refractivity contribution in [2.45, 2.75) is 18.9 Å². The lowest BCUT2D eigenvalue weighted by molar-refractivity contribution is -0.153. The second kappa shape index (κ2) is 6.80. The van der Waals surface area contributed by atoms with Crippen molar-refractivity contribution < 1.29 is 14.6 Å². The third kappa shape index (κ3) is 4.28. The van der Waals surface area contributed by atoms with Gasteiger partial charge >= 0.3 is 5.97 Å². The molecule has 3 nitrogen and oxygen atoms in total. The third-order valence-corrected chi connectivity index (χ3v) is 2.11. The highest BCUT2D eigenvalue weighted by Gasteiger charge is 2.16. The lowest BCUT2D eigenvalue weighted by Crippen LogP contribution is -2.25. The molecule has 0 spiro atoms. The molecule has 1 aromatic rings. The summed E-state index contributed by atoms with van der Waals surface area (Å²) in [6, 6.07) is 9.34. The van der Waals surface area contributed by atoms with Crippen molar-refractivity contribution in [3.05, 3.63) is 48.6 Å². The van der Waals surface area contributed by atoms with Crippen LogP contribution in [-0.2, 0) is 16.0 Å². The van der Waals surface area contributed by atoms with Crippen LogP contribution in [0.5, 0.6) is 0 Å². The van der Waals surface area contributed by atoms with Crippen molar-refractivity contribution in [3.63, 3.8) is 0 Å². The molecule has 0 radical (unpaired) electrons. The molecule has 3 heteroatoms. The summed E-state index contributed by atoms with van der Waals surface area (Å²) in [6.07, 6.45) is 1.46. The average Bonchev–Trinajstić information content (AvgIpc) is 2.30. The quantitative estimate of drug-likeness (QED) is 0.451. The Morgan fingerprint density at radius 2 is 2.12 bits per heavy atom. The van der Waals surface area contributed by atoms with Gasteiger partial charge in [0.25, 0.3) is 0 Å². The van der Waals surface area contributed by atoms with Gasteiger partial charge in [-0.05, 0) is 12.0 Å². The van der Waals surface area contributed by atoms with Crippen molar-refractivity contribution in [2.75, 3.05) is 6.61 Å². The third-order valence-electron chi connectivity index (χ3n) is 2.11. The molecule has 16 heavy (non-hydrogen) atoms. The fraction of sp³-hybridized carbons (Fsp3) is 0.308. The molecule has 1 N–H and O–H groups in total. The number of esters is 1. The highest BCUT2D eigenvalue weighted by molar-refractivity contribution is 5.74. The largest absolute Gasteiger partial charge is 0.463 e. The van der Waals surface area contributed by atoms with Crippen LogP contribution >= 0.6 is 0 Å². The molecule has 0 heterocycles. The van der Waals surface area contributed by atoms with Crippen LogP contribution in [0.3, 0.4) is 0 Å². The number of rotatable bonds is 6. The Morgan fingerprint density at radius 1 is 1.44 bits per heavy atom. The molecule has 0 aliphatic rings. The molecule has 1 atom stereocenters. The van der Waals surface area contributed by atoms with Gasteiger partial charge in [-0.3, -0.25) is 0 Å². The summed E-state index contributed by atoms with van der Waals surface area (Å²) in [7, 11) is 0. The summed E-state index contributed by atoms with van der Waals surface area (Å²) in [5.41, 5.74) is 0.913. The number of aliphatic hydroxyl groups excluding tert-OH is 1. The Balaban J connectivity index is 2.37. The fourth-order valence-corrected chi connectivity index (χ4v) is 1.26. The number of hydrogen-bond acceptors (Lipinski definition) is 3. The zero-order valence-corrected chi connectivity index (χ0v) is 9.13. The molecular formula is C13H16O3. The molecule has 1 rings (SSSR count). The second-order valence-corrected chi connectivity index (χ2v) is 3.45. The molecule has 0 bridgehead atoms.